The maximum Gasteiger partial charge on any atom is 0.257 e. The van der Waals surface area contributed by atoms with Gasteiger partial charge in [-0.15, -0.1) is 0 Å². The minimum absolute atomic E-state index is 0.0358. The topological polar surface area (TPSA) is 51.9 Å². The van der Waals surface area contributed by atoms with Crippen molar-refractivity contribution in [2.75, 3.05) is 19.8 Å². The highest BCUT2D eigenvalue weighted by atomic mass is 16.6. The first-order valence-corrected chi connectivity index (χ1v) is 7.98. The zero-order chi connectivity index (χ0) is 15.8. The average molecular weight is 313 g/mol. The summed E-state index contributed by atoms with van der Waals surface area (Å²) < 4.78 is 16.5. The predicted octanol–water partition coefficient (Wildman–Crippen LogP) is 3.34. The molecule has 23 heavy (non-hydrogen) atoms. The minimum Gasteiger partial charge on any atom is -0.486 e. The van der Waals surface area contributed by atoms with Crippen LogP contribution >= 0.6 is 0 Å². The van der Waals surface area contributed by atoms with Crippen LogP contribution in [0.5, 0.6) is 11.5 Å². The number of amides is 1. The van der Waals surface area contributed by atoms with Crippen LogP contribution in [0.25, 0.3) is 0 Å². The molecule has 2 aliphatic rings. The highest BCUT2D eigenvalue weighted by Gasteiger charge is 2.32. The summed E-state index contributed by atoms with van der Waals surface area (Å²) in [5.74, 6) is 2.26. The van der Waals surface area contributed by atoms with E-state index < -0.39 is 0 Å². The molecule has 1 amide bonds. The van der Waals surface area contributed by atoms with Gasteiger partial charge in [-0.3, -0.25) is 4.79 Å². The molecule has 2 aromatic rings. The fraction of sp³-hybridized carbons (Fsp3) is 0.389. The van der Waals surface area contributed by atoms with Gasteiger partial charge >= 0.3 is 0 Å². The van der Waals surface area contributed by atoms with Crippen molar-refractivity contribution in [1.29, 1.82) is 0 Å². The maximum atomic E-state index is 12.8. The number of fused-ring (bicyclic) bond motifs is 1. The van der Waals surface area contributed by atoms with E-state index in [0.717, 1.165) is 36.4 Å². The van der Waals surface area contributed by atoms with Gasteiger partial charge in [0.2, 0.25) is 0 Å². The second-order valence-electron chi connectivity index (χ2n) is 5.95. The molecule has 2 aliphatic heterocycles. The van der Waals surface area contributed by atoms with Gasteiger partial charge in [0.25, 0.3) is 5.91 Å². The third kappa shape index (κ3) is 2.46. The monoisotopic (exact) mass is 313 g/mol. The number of likely N-dealkylation sites (tertiary alicyclic amines) is 1. The standard InChI is InChI=1S/C18H19NO4/c1-12-14(6-8-21-12)18(20)19-7-2-3-15(19)13-4-5-16-17(11-13)23-10-9-22-16/h4-6,8,11,15H,2-3,7,9-10H2,1H3/t15-/m1/s1. The van der Waals surface area contributed by atoms with Crippen molar-refractivity contribution in [2.45, 2.75) is 25.8 Å². The van der Waals surface area contributed by atoms with Gasteiger partial charge in [-0.1, -0.05) is 6.07 Å². The molecule has 1 fully saturated rings. The van der Waals surface area contributed by atoms with Gasteiger partial charge in [-0.2, -0.15) is 0 Å². The third-order valence-corrected chi connectivity index (χ3v) is 4.55. The van der Waals surface area contributed by atoms with E-state index in [9.17, 15) is 4.79 Å². The number of carbonyl (C=O) groups excluding carboxylic acids is 1. The van der Waals surface area contributed by atoms with E-state index in [1.54, 1.807) is 12.3 Å². The Morgan fingerprint density at radius 3 is 2.78 bits per heavy atom. The van der Waals surface area contributed by atoms with Gasteiger partial charge < -0.3 is 18.8 Å². The normalized spacial score (nSPS) is 19.9. The second kappa shape index (κ2) is 5.65. The quantitative estimate of drug-likeness (QED) is 0.853. The van der Waals surface area contributed by atoms with Crippen LogP contribution < -0.4 is 9.47 Å². The summed E-state index contributed by atoms with van der Waals surface area (Å²) in [5, 5.41) is 0. The average Bonchev–Trinajstić information content (AvgIpc) is 3.22. The third-order valence-electron chi connectivity index (χ3n) is 4.55. The molecule has 0 bridgehead atoms. The first-order valence-electron chi connectivity index (χ1n) is 7.98. The van der Waals surface area contributed by atoms with Crippen LogP contribution in [-0.4, -0.2) is 30.6 Å². The molecule has 4 rings (SSSR count). The van der Waals surface area contributed by atoms with Gasteiger partial charge in [-0.05, 0) is 43.5 Å². The zero-order valence-electron chi connectivity index (χ0n) is 13.1. The number of rotatable bonds is 2. The molecule has 0 aliphatic carbocycles. The molecule has 5 heteroatoms. The van der Waals surface area contributed by atoms with Gasteiger partial charge in [0, 0.05) is 6.54 Å². The molecule has 0 N–H and O–H groups in total. The molecule has 1 aromatic carbocycles. The lowest BCUT2D eigenvalue weighted by Gasteiger charge is -2.26. The maximum absolute atomic E-state index is 12.8. The second-order valence-corrected chi connectivity index (χ2v) is 5.95. The van der Waals surface area contributed by atoms with E-state index in [1.165, 1.54) is 0 Å². The largest absolute Gasteiger partial charge is 0.486 e. The highest BCUT2D eigenvalue weighted by molar-refractivity contribution is 5.95. The molecular formula is C18H19NO4. The van der Waals surface area contributed by atoms with Crippen LogP contribution in [0.1, 0.15) is 40.6 Å². The predicted molar refractivity (Wildman–Crippen MR) is 83.9 cm³/mol. The van der Waals surface area contributed by atoms with Gasteiger partial charge in [0.1, 0.15) is 19.0 Å². The summed E-state index contributed by atoms with van der Waals surface area (Å²) in [7, 11) is 0. The Bertz CT molecular complexity index is 736. The van der Waals surface area contributed by atoms with E-state index in [-0.39, 0.29) is 11.9 Å². The number of furan rings is 1. The molecule has 0 radical (unpaired) electrons. The molecule has 5 nitrogen and oxygen atoms in total. The number of aryl methyl sites for hydroxylation is 1. The fourth-order valence-corrected chi connectivity index (χ4v) is 3.39. The summed E-state index contributed by atoms with van der Waals surface area (Å²) in [6, 6.07) is 7.80. The molecule has 3 heterocycles. The molecule has 120 valence electrons. The number of hydrogen-bond acceptors (Lipinski definition) is 4. The highest BCUT2D eigenvalue weighted by Crippen LogP contribution is 2.38. The molecule has 1 atom stereocenters. The fourth-order valence-electron chi connectivity index (χ4n) is 3.39. The van der Waals surface area contributed by atoms with E-state index in [1.807, 2.05) is 30.0 Å². The van der Waals surface area contributed by atoms with Crippen molar-refractivity contribution in [1.82, 2.24) is 4.90 Å². The summed E-state index contributed by atoms with van der Waals surface area (Å²) >= 11 is 0. The summed E-state index contributed by atoms with van der Waals surface area (Å²) in [5.41, 5.74) is 1.75. The first-order chi connectivity index (χ1) is 11.2. The van der Waals surface area contributed by atoms with Crippen molar-refractivity contribution in [3.63, 3.8) is 0 Å². The molecule has 1 saturated heterocycles. The summed E-state index contributed by atoms with van der Waals surface area (Å²) in [4.78, 5) is 14.7. The molecule has 0 unspecified atom stereocenters. The first kappa shape index (κ1) is 14.2. The van der Waals surface area contributed by atoms with Crippen LogP contribution in [0.2, 0.25) is 0 Å². The van der Waals surface area contributed by atoms with E-state index in [2.05, 4.69) is 0 Å². The lowest BCUT2D eigenvalue weighted by molar-refractivity contribution is 0.0733. The van der Waals surface area contributed by atoms with E-state index in [4.69, 9.17) is 13.9 Å². The van der Waals surface area contributed by atoms with E-state index in [0.29, 0.717) is 24.5 Å². The summed E-state index contributed by atoms with van der Waals surface area (Å²) in [6.07, 6.45) is 3.53. The lowest BCUT2D eigenvalue weighted by atomic mass is 10.0. The minimum atomic E-state index is 0.0358. The Kier molecular flexibility index (Phi) is 3.48. The van der Waals surface area contributed by atoms with Gasteiger partial charge in [-0.25, -0.2) is 0 Å². The zero-order valence-corrected chi connectivity index (χ0v) is 13.1. The number of nitrogens with zero attached hydrogens (tertiary/aromatic N) is 1. The number of carbonyl (C=O) groups is 1. The Morgan fingerprint density at radius 1 is 1.17 bits per heavy atom. The number of benzene rings is 1. The Balaban J connectivity index is 1.63. The number of hydrogen-bond donors (Lipinski definition) is 0. The van der Waals surface area contributed by atoms with Crippen LogP contribution in [0.4, 0.5) is 0 Å². The van der Waals surface area contributed by atoms with Crippen molar-refractivity contribution in [2.24, 2.45) is 0 Å². The Morgan fingerprint density at radius 2 is 2.00 bits per heavy atom. The van der Waals surface area contributed by atoms with Crippen LogP contribution in [0.15, 0.2) is 34.9 Å². The van der Waals surface area contributed by atoms with Crippen molar-refractivity contribution >= 4 is 5.91 Å². The molecular weight excluding hydrogens is 294 g/mol. The number of ether oxygens (including phenoxy) is 2. The molecule has 0 spiro atoms. The van der Waals surface area contributed by atoms with Gasteiger partial charge in [0.05, 0.1) is 17.9 Å². The molecule has 1 aromatic heterocycles. The van der Waals surface area contributed by atoms with Crippen LogP contribution in [-0.2, 0) is 0 Å². The van der Waals surface area contributed by atoms with Crippen LogP contribution in [0.3, 0.4) is 0 Å². The van der Waals surface area contributed by atoms with Gasteiger partial charge in [0.15, 0.2) is 11.5 Å². The SMILES string of the molecule is Cc1occc1C(=O)N1CCC[C@@H]1c1ccc2c(c1)OCCO2. The van der Waals surface area contributed by atoms with Crippen molar-refractivity contribution in [3.8, 4) is 11.5 Å². The Hall–Kier alpha value is -2.43. The van der Waals surface area contributed by atoms with Crippen molar-refractivity contribution < 1.29 is 18.7 Å². The van der Waals surface area contributed by atoms with Crippen molar-refractivity contribution in [3.05, 3.63) is 47.4 Å². The smallest absolute Gasteiger partial charge is 0.257 e. The van der Waals surface area contributed by atoms with E-state index >= 15 is 0 Å². The lowest BCUT2D eigenvalue weighted by Crippen LogP contribution is -2.30. The molecule has 0 saturated carbocycles. The summed E-state index contributed by atoms with van der Waals surface area (Å²) in [6.45, 7) is 3.74. The van der Waals surface area contributed by atoms with Crippen LogP contribution in [0, 0.1) is 6.92 Å². The Labute approximate surface area is 134 Å².